The van der Waals surface area contributed by atoms with Crippen LogP contribution in [0.5, 0.6) is 5.75 Å². The number of benzene rings is 1. The number of allylic oxidation sites excluding steroid dienone is 2. The van der Waals surface area contributed by atoms with E-state index in [0.717, 1.165) is 12.8 Å². The number of aliphatic hydroxyl groups is 3. The molecule has 2 rings (SSSR count). The van der Waals surface area contributed by atoms with Crippen LogP contribution in [-0.2, 0) is 11.5 Å². The van der Waals surface area contributed by atoms with Gasteiger partial charge in [-0.05, 0) is 42.9 Å². The molecule has 1 aliphatic carbocycles. The van der Waals surface area contributed by atoms with Crippen LogP contribution in [0.25, 0.3) is 0 Å². The molecule has 0 amide bonds. The SMILES string of the molecule is CC(C)C(=O)CCC/C=C\C[C@@H]1[C@@H](/C=C/[C@@H](O)COc2cccc(CF)c2)[C@H](O)C[C@@H]1O. The fraction of sp³-hybridized carbons (Fsp3) is 0.577. The monoisotopic (exact) mass is 448 g/mol. The summed E-state index contributed by atoms with van der Waals surface area (Å²) >= 11 is 0. The molecule has 1 aromatic rings. The third-order valence-electron chi connectivity index (χ3n) is 5.96. The van der Waals surface area contributed by atoms with Gasteiger partial charge >= 0.3 is 0 Å². The van der Waals surface area contributed by atoms with E-state index in [1.54, 1.807) is 36.4 Å². The molecule has 6 heteroatoms. The van der Waals surface area contributed by atoms with Gasteiger partial charge in [0.1, 0.15) is 30.9 Å². The maximum atomic E-state index is 12.7. The summed E-state index contributed by atoms with van der Waals surface area (Å²) in [6.45, 7) is 3.25. The Kier molecular flexibility index (Phi) is 11.1. The first-order valence-corrected chi connectivity index (χ1v) is 11.5. The Morgan fingerprint density at radius 3 is 2.75 bits per heavy atom. The van der Waals surface area contributed by atoms with Crippen LogP contribution in [-0.4, -0.2) is 46.0 Å². The molecule has 0 spiro atoms. The van der Waals surface area contributed by atoms with Crippen LogP contribution in [0.3, 0.4) is 0 Å². The molecule has 0 heterocycles. The number of ether oxygens (including phenoxy) is 1. The quantitative estimate of drug-likeness (QED) is 0.312. The maximum Gasteiger partial charge on any atom is 0.135 e. The number of carbonyl (C=O) groups is 1. The van der Waals surface area contributed by atoms with Gasteiger partial charge in [-0.3, -0.25) is 4.79 Å². The summed E-state index contributed by atoms with van der Waals surface area (Å²) in [5, 5.41) is 30.9. The van der Waals surface area contributed by atoms with Crippen LogP contribution in [0.15, 0.2) is 48.6 Å². The largest absolute Gasteiger partial charge is 0.491 e. The first kappa shape index (κ1) is 26.2. The van der Waals surface area contributed by atoms with Gasteiger partial charge in [0.2, 0.25) is 0 Å². The number of hydrogen-bond acceptors (Lipinski definition) is 5. The van der Waals surface area contributed by atoms with Crippen molar-refractivity contribution in [3.8, 4) is 5.75 Å². The zero-order valence-corrected chi connectivity index (χ0v) is 19.1. The smallest absolute Gasteiger partial charge is 0.135 e. The first-order valence-electron chi connectivity index (χ1n) is 11.5. The molecule has 1 fully saturated rings. The molecule has 0 aliphatic heterocycles. The standard InChI is InChI=1S/C26H37FO5/c1-18(2)24(29)11-6-4-3-5-10-22-23(26(31)15-25(22)30)13-12-20(28)17-32-21-9-7-8-19(14-21)16-27/h3,5,7-9,12-14,18,20,22-23,25-26,28,30-31H,4,6,10-11,15-17H2,1-2H3/b5-3-,13-12+/t20-,22-,23-,25+,26-/m1/s1. The number of aliphatic hydroxyl groups excluding tert-OH is 3. The van der Waals surface area contributed by atoms with E-state index in [1.807, 2.05) is 26.0 Å². The Morgan fingerprint density at radius 1 is 1.25 bits per heavy atom. The summed E-state index contributed by atoms with van der Waals surface area (Å²) in [5.74, 6) is 0.436. The predicted molar refractivity (Wildman–Crippen MR) is 123 cm³/mol. The molecule has 5 atom stereocenters. The molecule has 0 unspecified atom stereocenters. The molecule has 1 saturated carbocycles. The van der Waals surface area contributed by atoms with Crippen LogP contribution in [0.2, 0.25) is 0 Å². The average molecular weight is 449 g/mol. The van der Waals surface area contributed by atoms with E-state index >= 15 is 0 Å². The topological polar surface area (TPSA) is 87.0 Å². The van der Waals surface area contributed by atoms with Crippen LogP contribution in [0.1, 0.15) is 51.5 Å². The fourth-order valence-corrected chi connectivity index (χ4v) is 3.97. The second-order valence-electron chi connectivity index (χ2n) is 8.88. The zero-order valence-electron chi connectivity index (χ0n) is 19.1. The molecule has 1 aliphatic rings. The number of hydrogen-bond donors (Lipinski definition) is 3. The average Bonchev–Trinajstić information content (AvgIpc) is 3.05. The van der Waals surface area contributed by atoms with Gasteiger partial charge in [-0.15, -0.1) is 0 Å². The summed E-state index contributed by atoms with van der Waals surface area (Å²) in [4.78, 5) is 11.7. The molecule has 0 saturated heterocycles. The van der Waals surface area contributed by atoms with Crippen LogP contribution < -0.4 is 4.74 Å². The van der Waals surface area contributed by atoms with Gasteiger partial charge in [0.15, 0.2) is 0 Å². The minimum Gasteiger partial charge on any atom is -0.491 e. The molecular weight excluding hydrogens is 411 g/mol. The lowest BCUT2D eigenvalue weighted by molar-refractivity contribution is -0.121. The molecule has 0 bridgehead atoms. The van der Waals surface area contributed by atoms with Crippen molar-refractivity contribution in [3.05, 3.63) is 54.1 Å². The molecule has 32 heavy (non-hydrogen) atoms. The van der Waals surface area contributed by atoms with Crippen molar-refractivity contribution in [3.63, 3.8) is 0 Å². The van der Waals surface area contributed by atoms with Crippen molar-refractivity contribution in [1.82, 2.24) is 0 Å². The first-order chi connectivity index (χ1) is 15.3. The molecule has 0 radical (unpaired) electrons. The highest BCUT2D eigenvalue weighted by molar-refractivity contribution is 5.80. The zero-order chi connectivity index (χ0) is 23.5. The van der Waals surface area contributed by atoms with Gasteiger partial charge in [-0.1, -0.05) is 50.3 Å². The number of alkyl halides is 1. The van der Waals surface area contributed by atoms with E-state index < -0.39 is 25.0 Å². The predicted octanol–water partition coefficient (Wildman–Crippen LogP) is 4.15. The van der Waals surface area contributed by atoms with Gasteiger partial charge in [-0.25, -0.2) is 4.39 Å². The molecule has 5 nitrogen and oxygen atoms in total. The summed E-state index contributed by atoms with van der Waals surface area (Å²) in [6, 6.07) is 6.65. The number of ketones is 1. The molecule has 0 aromatic heterocycles. The molecule has 1 aromatic carbocycles. The van der Waals surface area contributed by atoms with Gasteiger partial charge < -0.3 is 20.1 Å². The van der Waals surface area contributed by atoms with E-state index in [4.69, 9.17) is 4.74 Å². The van der Waals surface area contributed by atoms with E-state index in [9.17, 15) is 24.5 Å². The summed E-state index contributed by atoms with van der Waals surface area (Å²) < 4.78 is 18.3. The van der Waals surface area contributed by atoms with Crippen LogP contribution >= 0.6 is 0 Å². The summed E-state index contributed by atoms with van der Waals surface area (Å²) in [5.41, 5.74) is 0.512. The Morgan fingerprint density at radius 2 is 2.03 bits per heavy atom. The third kappa shape index (κ3) is 8.49. The Hall–Kier alpha value is -2.02. The lowest BCUT2D eigenvalue weighted by Gasteiger charge is -2.19. The third-order valence-corrected chi connectivity index (χ3v) is 5.96. The minimum atomic E-state index is -0.885. The van der Waals surface area contributed by atoms with Crippen molar-refractivity contribution in [2.75, 3.05) is 6.61 Å². The van der Waals surface area contributed by atoms with Gasteiger partial charge in [0.05, 0.1) is 12.2 Å². The van der Waals surface area contributed by atoms with Crippen LogP contribution in [0, 0.1) is 17.8 Å². The van der Waals surface area contributed by atoms with Crippen molar-refractivity contribution < 1.29 is 29.2 Å². The molecule has 178 valence electrons. The number of Topliss-reactive ketones (excluding diaryl/α,β-unsaturated/α-hetero) is 1. The van der Waals surface area contributed by atoms with E-state index in [-0.39, 0.29) is 30.1 Å². The lowest BCUT2D eigenvalue weighted by Crippen LogP contribution is -2.21. The van der Waals surface area contributed by atoms with Crippen molar-refractivity contribution in [2.24, 2.45) is 17.8 Å². The fourth-order valence-electron chi connectivity index (χ4n) is 3.97. The van der Waals surface area contributed by atoms with Crippen molar-refractivity contribution in [1.29, 1.82) is 0 Å². The lowest BCUT2D eigenvalue weighted by atomic mass is 9.89. The van der Waals surface area contributed by atoms with Gasteiger partial charge in [0, 0.05) is 24.7 Å². The summed E-state index contributed by atoms with van der Waals surface area (Å²) in [7, 11) is 0. The Labute approximate surface area is 190 Å². The maximum absolute atomic E-state index is 12.7. The van der Waals surface area contributed by atoms with Crippen molar-refractivity contribution >= 4 is 5.78 Å². The molecular formula is C26H37FO5. The van der Waals surface area contributed by atoms with E-state index in [0.29, 0.717) is 30.6 Å². The Balaban J connectivity index is 1.81. The Bertz CT molecular complexity index is 760. The van der Waals surface area contributed by atoms with Crippen LogP contribution in [0.4, 0.5) is 4.39 Å². The number of rotatable bonds is 13. The number of carbonyl (C=O) groups excluding carboxylic acids is 1. The second-order valence-corrected chi connectivity index (χ2v) is 8.88. The number of halogens is 1. The second kappa shape index (κ2) is 13.5. The minimum absolute atomic E-state index is 0.0112. The normalized spacial score (nSPS) is 24.6. The van der Waals surface area contributed by atoms with Crippen molar-refractivity contribution in [2.45, 2.75) is 70.9 Å². The highest BCUT2D eigenvalue weighted by atomic mass is 19.1. The van der Waals surface area contributed by atoms with E-state index in [2.05, 4.69) is 0 Å². The highest BCUT2D eigenvalue weighted by Gasteiger charge is 2.39. The van der Waals surface area contributed by atoms with Gasteiger partial charge in [-0.2, -0.15) is 0 Å². The number of unbranched alkanes of at least 4 members (excludes halogenated alkanes) is 1. The highest BCUT2D eigenvalue weighted by Crippen LogP contribution is 2.36. The summed E-state index contributed by atoms with van der Waals surface area (Å²) in [6.07, 6.45) is 8.33. The van der Waals surface area contributed by atoms with Gasteiger partial charge in [0.25, 0.3) is 0 Å². The molecule has 3 N–H and O–H groups in total. The van der Waals surface area contributed by atoms with E-state index in [1.165, 1.54) is 0 Å².